The Balaban J connectivity index is 1.49. The van der Waals surface area contributed by atoms with E-state index in [1.807, 2.05) is 48.5 Å². The molecule has 0 aromatic heterocycles. The van der Waals surface area contributed by atoms with Crippen LogP contribution in [0.4, 0.5) is 22.7 Å². The Morgan fingerprint density at radius 2 is 0.592 bits per heavy atom. The van der Waals surface area contributed by atoms with E-state index in [0.717, 1.165) is 61.6 Å². The Hall–Kier alpha value is -3.96. The molecule has 4 rings (SSSR count). The number of nitrogens with two attached hydrogens (primary N) is 4. The SMILES string of the molecule is CC(CC(C)C(COCC(CC(C)c1ccc(N)cc1)C(C)CC(C)c1ccc(N)cc1)CC(C)c1ccc(N)cc1)c1ccc(N)cc1. The third-order valence-corrected chi connectivity index (χ3v) is 11.1. The van der Waals surface area contributed by atoms with Gasteiger partial charge in [0, 0.05) is 36.0 Å². The predicted octanol–water partition coefficient (Wildman–Crippen LogP) is 10.6. The summed E-state index contributed by atoms with van der Waals surface area (Å²) in [5.74, 6) is 3.50. The van der Waals surface area contributed by atoms with Gasteiger partial charge >= 0.3 is 0 Å². The molecule has 264 valence electrons. The quantitative estimate of drug-likeness (QED) is 0.0792. The molecule has 0 heterocycles. The normalized spacial score (nSPS) is 16.6. The van der Waals surface area contributed by atoms with E-state index in [9.17, 15) is 0 Å². The van der Waals surface area contributed by atoms with Gasteiger partial charge in [0.05, 0.1) is 0 Å². The fourth-order valence-electron chi connectivity index (χ4n) is 7.55. The third kappa shape index (κ3) is 11.6. The zero-order valence-corrected chi connectivity index (χ0v) is 30.8. The van der Waals surface area contributed by atoms with Crippen molar-refractivity contribution in [2.24, 2.45) is 23.7 Å². The first-order chi connectivity index (χ1) is 23.4. The smallest absolute Gasteiger partial charge is 0.0497 e. The Morgan fingerprint density at radius 1 is 0.367 bits per heavy atom. The third-order valence-electron chi connectivity index (χ3n) is 11.1. The van der Waals surface area contributed by atoms with Crippen LogP contribution < -0.4 is 22.9 Å². The van der Waals surface area contributed by atoms with Gasteiger partial charge in [-0.1, -0.05) is 90.1 Å². The van der Waals surface area contributed by atoms with Gasteiger partial charge in [0.25, 0.3) is 0 Å². The van der Waals surface area contributed by atoms with Gasteiger partial charge < -0.3 is 27.7 Å². The zero-order valence-electron chi connectivity index (χ0n) is 30.8. The van der Waals surface area contributed by atoms with Crippen LogP contribution in [-0.4, -0.2) is 13.2 Å². The van der Waals surface area contributed by atoms with Crippen LogP contribution in [0.2, 0.25) is 0 Å². The lowest BCUT2D eigenvalue weighted by molar-refractivity contribution is 0.0306. The van der Waals surface area contributed by atoms with Crippen LogP contribution in [0.1, 0.15) is 113 Å². The van der Waals surface area contributed by atoms with Crippen LogP contribution in [0.3, 0.4) is 0 Å². The van der Waals surface area contributed by atoms with E-state index in [1.165, 1.54) is 22.3 Å². The molecular formula is C44H62N4O. The molecule has 8 unspecified atom stereocenters. The largest absolute Gasteiger partial charge is 0.399 e. The van der Waals surface area contributed by atoms with E-state index in [2.05, 4.69) is 90.1 Å². The Morgan fingerprint density at radius 3 is 0.837 bits per heavy atom. The monoisotopic (exact) mass is 662 g/mol. The topological polar surface area (TPSA) is 113 Å². The number of ether oxygens (including phenoxy) is 1. The maximum Gasteiger partial charge on any atom is 0.0497 e. The summed E-state index contributed by atoms with van der Waals surface area (Å²) in [5, 5.41) is 0. The molecule has 5 nitrogen and oxygen atoms in total. The van der Waals surface area contributed by atoms with Crippen molar-refractivity contribution in [1.82, 2.24) is 0 Å². The second-order valence-corrected chi connectivity index (χ2v) is 15.2. The highest BCUT2D eigenvalue weighted by atomic mass is 16.5. The van der Waals surface area contributed by atoms with Gasteiger partial charge in [-0.3, -0.25) is 0 Å². The number of hydrogen-bond donors (Lipinski definition) is 4. The summed E-state index contributed by atoms with van der Waals surface area (Å²) in [6, 6.07) is 33.5. The fourth-order valence-corrected chi connectivity index (χ4v) is 7.55. The van der Waals surface area contributed by atoms with Crippen LogP contribution in [-0.2, 0) is 4.74 Å². The minimum absolute atomic E-state index is 0.407. The number of anilines is 4. The van der Waals surface area contributed by atoms with Crippen LogP contribution >= 0.6 is 0 Å². The van der Waals surface area contributed by atoms with E-state index in [4.69, 9.17) is 27.7 Å². The minimum Gasteiger partial charge on any atom is -0.399 e. The van der Waals surface area contributed by atoms with Crippen molar-refractivity contribution >= 4 is 22.7 Å². The lowest BCUT2D eigenvalue weighted by Crippen LogP contribution is -2.26. The average Bonchev–Trinajstić information content (AvgIpc) is 3.08. The van der Waals surface area contributed by atoms with E-state index in [0.29, 0.717) is 47.3 Å². The molecule has 0 radical (unpaired) electrons. The summed E-state index contributed by atoms with van der Waals surface area (Å²) < 4.78 is 6.84. The van der Waals surface area contributed by atoms with Crippen LogP contribution in [0.25, 0.3) is 0 Å². The maximum absolute atomic E-state index is 6.84. The van der Waals surface area contributed by atoms with Crippen molar-refractivity contribution in [1.29, 1.82) is 0 Å². The molecule has 49 heavy (non-hydrogen) atoms. The first-order valence-corrected chi connectivity index (χ1v) is 18.4. The Bertz CT molecular complexity index is 1400. The molecule has 8 N–H and O–H groups in total. The van der Waals surface area contributed by atoms with Gasteiger partial charge in [0.15, 0.2) is 0 Å². The summed E-state index contributed by atoms with van der Waals surface area (Å²) in [6.07, 6.45) is 4.32. The molecule has 0 saturated carbocycles. The van der Waals surface area contributed by atoms with E-state index >= 15 is 0 Å². The van der Waals surface area contributed by atoms with Crippen LogP contribution in [0.15, 0.2) is 97.1 Å². The highest BCUT2D eigenvalue weighted by molar-refractivity contribution is 5.42. The molecule has 5 heteroatoms. The summed E-state index contributed by atoms with van der Waals surface area (Å²) in [7, 11) is 0. The molecule has 4 aromatic rings. The Kier molecular flexibility index (Phi) is 14.0. The molecule has 0 amide bonds. The summed E-state index contributed by atoms with van der Waals surface area (Å²) in [5.41, 5.74) is 32.6. The van der Waals surface area contributed by atoms with E-state index in [1.54, 1.807) is 0 Å². The average molecular weight is 663 g/mol. The highest BCUT2D eigenvalue weighted by Crippen LogP contribution is 2.37. The molecule has 0 aliphatic carbocycles. The van der Waals surface area contributed by atoms with Crippen molar-refractivity contribution in [3.8, 4) is 0 Å². The second kappa shape index (κ2) is 18.2. The number of nitrogen functional groups attached to an aromatic ring is 4. The standard InChI is InChI=1S/C44H62N4O/c1-29(35-7-15-41(45)16-8-35)23-31(3)39(25-33(5)37-11-19-43(47)20-12-37)27-49-28-40(26-34(6)38-13-21-44(48)22-14-38)32(4)24-30(2)36-9-17-42(46)18-10-36/h7-22,29-34,39-40H,23-28,45-48H2,1-6H3. The first-order valence-electron chi connectivity index (χ1n) is 18.4. The van der Waals surface area contributed by atoms with Crippen molar-refractivity contribution in [3.05, 3.63) is 119 Å². The molecule has 0 aliphatic heterocycles. The van der Waals surface area contributed by atoms with Crippen LogP contribution in [0, 0.1) is 23.7 Å². The molecule has 4 aromatic carbocycles. The minimum atomic E-state index is 0.407. The zero-order chi connectivity index (χ0) is 35.5. The van der Waals surface area contributed by atoms with Gasteiger partial charge in [-0.2, -0.15) is 0 Å². The van der Waals surface area contributed by atoms with Gasteiger partial charge in [-0.05, 0) is 144 Å². The first kappa shape index (κ1) is 37.9. The number of hydrogen-bond acceptors (Lipinski definition) is 5. The molecule has 0 spiro atoms. The second-order valence-electron chi connectivity index (χ2n) is 15.2. The lowest BCUT2D eigenvalue weighted by Gasteiger charge is -2.32. The van der Waals surface area contributed by atoms with Gasteiger partial charge in [-0.25, -0.2) is 0 Å². The maximum atomic E-state index is 6.84. The van der Waals surface area contributed by atoms with E-state index in [-0.39, 0.29) is 0 Å². The predicted molar refractivity (Wildman–Crippen MR) is 212 cm³/mol. The van der Waals surface area contributed by atoms with Crippen molar-refractivity contribution in [2.75, 3.05) is 36.1 Å². The number of rotatable bonds is 18. The van der Waals surface area contributed by atoms with Crippen molar-refractivity contribution < 1.29 is 4.74 Å². The molecular weight excluding hydrogens is 601 g/mol. The summed E-state index contributed by atoms with van der Waals surface area (Å²) in [4.78, 5) is 0. The van der Waals surface area contributed by atoms with Crippen LogP contribution in [0.5, 0.6) is 0 Å². The lowest BCUT2D eigenvalue weighted by atomic mass is 9.78. The molecule has 8 atom stereocenters. The summed E-state index contributed by atoms with van der Waals surface area (Å²) in [6.45, 7) is 15.7. The summed E-state index contributed by atoms with van der Waals surface area (Å²) >= 11 is 0. The number of benzene rings is 4. The highest BCUT2D eigenvalue weighted by Gasteiger charge is 2.27. The Labute approximate surface area is 296 Å². The van der Waals surface area contributed by atoms with Gasteiger partial charge in [0.2, 0.25) is 0 Å². The fraction of sp³-hybridized carbons (Fsp3) is 0.455. The molecule has 0 bridgehead atoms. The van der Waals surface area contributed by atoms with E-state index < -0.39 is 0 Å². The molecule has 0 fully saturated rings. The van der Waals surface area contributed by atoms with Gasteiger partial charge in [0.1, 0.15) is 0 Å². The molecule has 0 aliphatic rings. The van der Waals surface area contributed by atoms with Crippen molar-refractivity contribution in [3.63, 3.8) is 0 Å². The van der Waals surface area contributed by atoms with Gasteiger partial charge in [-0.15, -0.1) is 0 Å². The van der Waals surface area contributed by atoms with Crippen molar-refractivity contribution in [2.45, 2.75) is 90.9 Å². The molecule has 0 saturated heterocycles.